The largest absolute Gasteiger partial charge is 0.477 e. The van der Waals surface area contributed by atoms with Gasteiger partial charge in [-0.05, 0) is 35.9 Å². The molecule has 1 N–H and O–H groups in total. The van der Waals surface area contributed by atoms with Crippen LogP contribution in [0.2, 0.25) is 0 Å². The van der Waals surface area contributed by atoms with Gasteiger partial charge in [0.25, 0.3) is 0 Å². The third-order valence-electron chi connectivity index (χ3n) is 3.77. The zero-order chi connectivity index (χ0) is 18.0. The molecule has 0 spiro atoms. The van der Waals surface area contributed by atoms with E-state index in [1.807, 2.05) is 42.3 Å². The number of hydrogen-bond acceptors (Lipinski definition) is 3. The Bertz CT molecular complexity index is 977. The van der Waals surface area contributed by atoms with Crippen molar-refractivity contribution in [1.29, 1.82) is 0 Å². The third-order valence-corrected chi connectivity index (χ3v) is 4.91. The van der Waals surface area contributed by atoms with Crippen LogP contribution in [0, 0.1) is 12.4 Å². The molecule has 0 unspecified atom stereocenters. The molecule has 0 saturated carbocycles. The first-order chi connectivity index (χ1) is 12.0. The maximum absolute atomic E-state index is 13.7. The van der Waals surface area contributed by atoms with E-state index in [-0.39, 0.29) is 4.88 Å². The van der Waals surface area contributed by atoms with E-state index in [1.165, 1.54) is 6.07 Å². The van der Waals surface area contributed by atoms with E-state index < -0.39 is 11.8 Å². The third kappa shape index (κ3) is 3.23. The van der Waals surface area contributed by atoms with Crippen LogP contribution in [-0.4, -0.2) is 18.1 Å². The van der Waals surface area contributed by atoms with Gasteiger partial charge in [-0.1, -0.05) is 24.3 Å². The molecule has 2 aromatic carbocycles. The summed E-state index contributed by atoms with van der Waals surface area (Å²) in [6.07, 6.45) is 0. The predicted molar refractivity (Wildman–Crippen MR) is 97.4 cm³/mol. The highest BCUT2D eigenvalue weighted by Gasteiger charge is 2.17. The van der Waals surface area contributed by atoms with Crippen LogP contribution < -0.4 is 4.90 Å². The van der Waals surface area contributed by atoms with Crippen molar-refractivity contribution in [2.24, 2.45) is 0 Å². The molecule has 6 heteroatoms. The van der Waals surface area contributed by atoms with Crippen molar-refractivity contribution in [3.8, 4) is 10.4 Å². The van der Waals surface area contributed by atoms with Gasteiger partial charge in [0.15, 0.2) is 0 Å². The number of carbonyl (C=O) groups is 1. The number of hydrogen-bond donors (Lipinski definition) is 1. The highest BCUT2D eigenvalue weighted by atomic mass is 32.1. The van der Waals surface area contributed by atoms with Crippen LogP contribution in [0.3, 0.4) is 0 Å². The molecule has 0 bridgehead atoms. The molecule has 0 aliphatic carbocycles. The zero-order valence-electron chi connectivity index (χ0n) is 13.2. The van der Waals surface area contributed by atoms with Gasteiger partial charge in [-0.2, -0.15) is 0 Å². The average Bonchev–Trinajstić information content (AvgIpc) is 3.03. The molecule has 0 aliphatic rings. The number of thiophene rings is 1. The quantitative estimate of drug-likeness (QED) is 0.624. The summed E-state index contributed by atoms with van der Waals surface area (Å²) in [5.74, 6) is -2.05. The maximum Gasteiger partial charge on any atom is 0.348 e. The lowest BCUT2D eigenvalue weighted by Gasteiger charge is -2.21. The highest BCUT2D eigenvalue weighted by molar-refractivity contribution is 7.17. The minimum Gasteiger partial charge on any atom is -0.477 e. The lowest BCUT2D eigenvalue weighted by Crippen LogP contribution is -2.09. The Balaban J connectivity index is 2.02. The van der Waals surface area contributed by atoms with Crippen LogP contribution in [0.15, 0.2) is 54.6 Å². The van der Waals surface area contributed by atoms with Crippen LogP contribution in [0.1, 0.15) is 9.67 Å². The molecule has 1 heterocycles. The molecule has 1 aromatic heterocycles. The zero-order valence-corrected chi connectivity index (χ0v) is 14.0. The predicted octanol–water partition coefficient (Wildman–Crippen LogP) is 5.57. The summed E-state index contributed by atoms with van der Waals surface area (Å²) >= 11 is 0.859. The van der Waals surface area contributed by atoms with Crippen LogP contribution in [0.5, 0.6) is 0 Å². The normalized spacial score (nSPS) is 10.3. The van der Waals surface area contributed by atoms with Gasteiger partial charge in [0.2, 0.25) is 5.69 Å². The average molecular weight is 352 g/mol. The molecule has 25 heavy (non-hydrogen) atoms. The van der Waals surface area contributed by atoms with Crippen LogP contribution in [0.4, 0.5) is 21.5 Å². The molecule has 0 amide bonds. The Hall–Kier alpha value is -3.17. The van der Waals surface area contributed by atoms with Gasteiger partial charge < -0.3 is 10.0 Å². The topological polar surface area (TPSA) is 44.9 Å². The first-order valence-corrected chi connectivity index (χ1v) is 8.16. The Morgan fingerprint density at radius 2 is 1.92 bits per heavy atom. The summed E-state index contributed by atoms with van der Waals surface area (Å²) in [5, 5.41) is 8.98. The van der Waals surface area contributed by atoms with Crippen molar-refractivity contribution in [2.75, 3.05) is 11.9 Å². The minimum absolute atomic E-state index is 0.329. The molecule has 0 saturated heterocycles. The van der Waals surface area contributed by atoms with Crippen molar-refractivity contribution in [3.05, 3.63) is 76.7 Å². The molecule has 124 valence electrons. The van der Waals surface area contributed by atoms with Crippen molar-refractivity contribution in [3.63, 3.8) is 0 Å². The number of rotatable bonds is 4. The fraction of sp³-hybridized carbons (Fsp3) is 0.0526. The van der Waals surface area contributed by atoms with Crippen LogP contribution >= 0.6 is 11.3 Å². The van der Waals surface area contributed by atoms with Gasteiger partial charge >= 0.3 is 5.97 Å². The van der Waals surface area contributed by atoms with Gasteiger partial charge in [-0.15, -0.1) is 11.3 Å². The number of para-hydroxylation sites is 1. The lowest BCUT2D eigenvalue weighted by atomic mass is 10.1. The number of anilines is 2. The van der Waals surface area contributed by atoms with E-state index in [4.69, 9.17) is 11.7 Å². The molecule has 0 aliphatic heterocycles. The first-order valence-electron chi connectivity index (χ1n) is 7.34. The van der Waals surface area contributed by atoms with E-state index in [2.05, 4.69) is 4.85 Å². The summed E-state index contributed by atoms with van der Waals surface area (Å²) in [4.78, 5) is 16.6. The standard InChI is InChI=1S/C19H13FN2O2S/c1-21-15-10-12(17-11-14(20)18(25-17)19(23)24)8-9-16(15)22(2)13-6-4-3-5-7-13/h3-11H,2H3,(H,23,24). The van der Waals surface area contributed by atoms with Crippen LogP contribution in [0.25, 0.3) is 15.3 Å². The minimum atomic E-state index is -1.29. The molecule has 0 radical (unpaired) electrons. The van der Waals surface area contributed by atoms with Crippen LogP contribution in [-0.2, 0) is 0 Å². The summed E-state index contributed by atoms with van der Waals surface area (Å²) in [7, 11) is 1.87. The molecule has 3 rings (SSSR count). The Morgan fingerprint density at radius 3 is 2.52 bits per heavy atom. The van der Waals surface area contributed by atoms with E-state index in [9.17, 15) is 9.18 Å². The number of carboxylic acid groups (broad SMARTS) is 1. The molecule has 0 fully saturated rings. The van der Waals surface area contributed by atoms with E-state index in [0.717, 1.165) is 22.7 Å². The van der Waals surface area contributed by atoms with E-state index in [1.54, 1.807) is 18.2 Å². The molecule has 0 atom stereocenters. The number of halogens is 1. The lowest BCUT2D eigenvalue weighted by molar-refractivity contribution is 0.0697. The number of aromatic carboxylic acids is 1. The van der Waals surface area contributed by atoms with Gasteiger partial charge in [0.05, 0.1) is 6.57 Å². The fourth-order valence-electron chi connectivity index (χ4n) is 2.50. The fourth-order valence-corrected chi connectivity index (χ4v) is 3.37. The molecular weight excluding hydrogens is 339 g/mol. The van der Waals surface area contributed by atoms with Gasteiger partial charge in [0.1, 0.15) is 10.7 Å². The van der Waals surface area contributed by atoms with E-state index in [0.29, 0.717) is 16.1 Å². The Kier molecular flexibility index (Phi) is 4.50. The number of nitrogens with zero attached hydrogens (tertiary/aromatic N) is 2. The van der Waals surface area contributed by atoms with Crippen molar-refractivity contribution >= 4 is 34.4 Å². The molecular formula is C19H13FN2O2S. The highest BCUT2D eigenvalue weighted by Crippen LogP contribution is 2.38. The monoisotopic (exact) mass is 352 g/mol. The van der Waals surface area contributed by atoms with Crippen molar-refractivity contribution < 1.29 is 14.3 Å². The second kappa shape index (κ2) is 6.75. The van der Waals surface area contributed by atoms with Gasteiger partial charge in [0, 0.05) is 23.3 Å². The van der Waals surface area contributed by atoms with Crippen molar-refractivity contribution in [1.82, 2.24) is 0 Å². The number of benzene rings is 2. The van der Waals surface area contributed by atoms with Crippen molar-refractivity contribution in [2.45, 2.75) is 0 Å². The first kappa shape index (κ1) is 16.7. The second-order valence-corrected chi connectivity index (χ2v) is 6.35. The van der Waals surface area contributed by atoms with E-state index >= 15 is 0 Å². The maximum atomic E-state index is 13.7. The second-order valence-electron chi connectivity index (χ2n) is 5.30. The summed E-state index contributed by atoms with van der Waals surface area (Å²) in [5.41, 5.74) is 2.69. The smallest absolute Gasteiger partial charge is 0.348 e. The Morgan fingerprint density at radius 1 is 1.20 bits per heavy atom. The number of carboxylic acids is 1. The van der Waals surface area contributed by atoms with Gasteiger partial charge in [-0.3, -0.25) is 0 Å². The molecule has 4 nitrogen and oxygen atoms in total. The van der Waals surface area contributed by atoms with Gasteiger partial charge in [-0.25, -0.2) is 14.0 Å². The summed E-state index contributed by atoms with van der Waals surface area (Å²) in [6.45, 7) is 7.45. The Labute approximate surface area is 148 Å². The summed E-state index contributed by atoms with van der Waals surface area (Å²) < 4.78 is 13.7. The summed E-state index contributed by atoms with van der Waals surface area (Å²) in [6, 6.07) is 16.0. The SMILES string of the molecule is [C-]#[N+]c1cc(-c2cc(F)c(C(=O)O)s2)ccc1N(C)c1ccccc1. The molecule has 3 aromatic rings.